The van der Waals surface area contributed by atoms with Crippen LogP contribution in [-0.4, -0.2) is 38.6 Å². The van der Waals surface area contributed by atoms with Crippen LogP contribution in [0.25, 0.3) is 0 Å². The van der Waals surface area contributed by atoms with Crippen molar-refractivity contribution in [1.29, 1.82) is 0 Å². The molecule has 0 radical (unpaired) electrons. The molecule has 0 N–H and O–H groups in total. The number of piperidine rings is 1. The number of likely N-dealkylation sites (tertiary alicyclic amines) is 1. The molecule has 5 heteroatoms. The number of nitrogens with zero attached hydrogens (tertiary/aromatic N) is 1. The second kappa shape index (κ2) is 12.3. The highest BCUT2D eigenvalue weighted by atomic mass is 32.2. The summed E-state index contributed by atoms with van der Waals surface area (Å²) in [6.07, 6.45) is 5.77. The maximum atomic E-state index is 11.2. The summed E-state index contributed by atoms with van der Waals surface area (Å²) in [5.41, 5.74) is 1.20. The molecule has 1 aromatic carbocycles. The molecule has 0 aromatic heterocycles. The summed E-state index contributed by atoms with van der Waals surface area (Å²) < 4.78 is 22.4. The molecule has 1 aliphatic heterocycles. The van der Waals surface area contributed by atoms with Crippen molar-refractivity contribution < 1.29 is 13.2 Å². The Morgan fingerprint density at radius 3 is 1.93 bits per heavy atom. The molecule has 0 atom stereocenters. The van der Waals surface area contributed by atoms with E-state index in [2.05, 4.69) is 27.7 Å². The van der Waals surface area contributed by atoms with E-state index in [9.17, 15) is 13.2 Å². The first-order valence-corrected chi connectivity index (χ1v) is 11.9. The highest BCUT2D eigenvalue weighted by molar-refractivity contribution is 7.90. The van der Waals surface area contributed by atoms with E-state index in [0.717, 1.165) is 37.8 Å². The van der Waals surface area contributed by atoms with E-state index < -0.39 is 9.84 Å². The molecule has 0 unspecified atom stereocenters. The number of amides is 1. The second-order valence-corrected chi connectivity index (χ2v) is 10.5. The number of rotatable bonds is 5. The normalized spacial score (nSPS) is 15.1. The molecule has 1 fully saturated rings. The Labute approximate surface area is 173 Å². The highest BCUT2D eigenvalue weighted by Gasteiger charge is 2.22. The Morgan fingerprint density at radius 2 is 1.57 bits per heavy atom. The molecule has 162 valence electrons. The van der Waals surface area contributed by atoms with Crippen molar-refractivity contribution in [1.82, 2.24) is 4.90 Å². The van der Waals surface area contributed by atoms with Crippen molar-refractivity contribution in [2.24, 2.45) is 17.8 Å². The lowest BCUT2D eigenvalue weighted by Crippen LogP contribution is -2.38. The first-order chi connectivity index (χ1) is 12.5. The van der Waals surface area contributed by atoms with Gasteiger partial charge in [0.1, 0.15) is 0 Å². The van der Waals surface area contributed by atoms with Crippen LogP contribution < -0.4 is 0 Å². The maximum Gasteiger partial charge on any atom is 0.219 e. The maximum absolute atomic E-state index is 11.2. The summed E-state index contributed by atoms with van der Waals surface area (Å²) in [4.78, 5) is 13.4. The lowest BCUT2D eigenvalue weighted by atomic mass is 9.87. The molecule has 0 spiro atoms. The van der Waals surface area contributed by atoms with Gasteiger partial charge >= 0.3 is 0 Å². The third kappa shape index (κ3) is 9.72. The van der Waals surface area contributed by atoms with Crippen molar-refractivity contribution in [2.75, 3.05) is 19.3 Å². The Kier molecular flexibility index (Phi) is 11.7. The van der Waals surface area contributed by atoms with Gasteiger partial charge in [0.25, 0.3) is 0 Å². The van der Waals surface area contributed by atoms with E-state index in [1.807, 2.05) is 17.0 Å². The van der Waals surface area contributed by atoms with Crippen LogP contribution in [0.4, 0.5) is 0 Å². The van der Waals surface area contributed by atoms with Gasteiger partial charge in [-0.2, -0.15) is 0 Å². The number of sulfone groups is 1. The van der Waals surface area contributed by atoms with Gasteiger partial charge in [-0.15, -0.1) is 0 Å². The topological polar surface area (TPSA) is 54.5 Å². The Morgan fingerprint density at radius 1 is 1.07 bits per heavy atom. The number of carbonyl (C=O) groups excluding carboxylic acids is 1. The van der Waals surface area contributed by atoms with Crippen molar-refractivity contribution >= 4 is 15.7 Å². The molecule has 1 aliphatic rings. The molecule has 1 saturated heterocycles. The van der Waals surface area contributed by atoms with Crippen LogP contribution in [0, 0.1) is 17.8 Å². The molecule has 4 nitrogen and oxygen atoms in total. The molecule has 1 amide bonds. The third-order valence-electron chi connectivity index (χ3n) is 5.29. The Balaban J connectivity index is 0.000000514. The Hall–Kier alpha value is -1.36. The van der Waals surface area contributed by atoms with Crippen LogP contribution in [0.1, 0.15) is 66.9 Å². The second-order valence-electron chi connectivity index (χ2n) is 8.44. The average Bonchev–Trinajstić information content (AvgIpc) is 2.60. The monoisotopic (exact) mass is 411 g/mol. The minimum atomic E-state index is -3.05. The number of aryl methyl sites for hydroxylation is 1. The number of hydrogen-bond acceptors (Lipinski definition) is 3. The van der Waals surface area contributed by atoms with Crippen molar-refractivity contribution in [3.63, 3.8) is 0 Å². The van der Waals surface area contributed by atoms with E-state index >= 15 is 0 Å². The van der Waals surface area contributed by atoms with E-state index in [1.54, 1.807) is 19.1 Å². The minimum absolute atomic E-state index is 0. The lowest BCUT2D eigenvalue weighted by Gasteiger charge is -2.33. The highest BCUT2D eigenvalue weighted by Crippen LogP contribution is 2.24. The summed E-state index contributed by atoms with van der Waals surface area (Å²) in [6, 6.07) is 7.17. The van der Waals surface area contributed by atoms with Crippen LogP contribution in [0.2, 0.25) is 0 Å². The number of carbonyl (C=O) groups is 1. The van der Waals surface area contributed by atoms with Crippen molar-refractivity contribution in [3.8, 4) is 0 Å². The van der Waals surface area contributed by atoms with Crippen molar-refractivity contribution in [3.05, 3.63) is 29.8 Å². The zero-order valence-electron chi connectivity index (χ0n) is 17.9. The molecule has 2 rings (SSSR count). The summed E-state index contributed by atoms with van der Waals surface area (Å²) in [5, 5.41) is 0. The molecule has 1 heterocycles. The van der Waals surface area contributed by atoms with Gasteiger partial charge in [-0.05, 0) is 61.1 Å². The van der Waals surface area contributed by atoms with Crippen LogP contribution in [0.15, 0.2) is 29.2 Å². The smallest absolute Gasteiger partial charge is 0.219 e. The van der Waals surface area contributed by atoms with E-state index in [4.69, 9.17) is 0 Å². The van der Waals surface area contributed by atoms with Gasteiger partial charge in [-0.3, -0.25) is 4.79 Å². The predicted molar refractivity (Wildman–Crippen MR) is 119 cm³/mol. The fraction of sp³-hybridized carbons (Fsp3) is 0.696. The van der Waals surface area contributed by atoms with Gasteiger partial charge in [0.15, 0.2) is 9.84 Å². The lowest BCUT2D eigenvalue weighted by molar-refractivity contribution is -0.130. The van der Waals surface area contributed by atoms with Crippen molar-refractivity contribution in [2.45, 2.75) is 72.6 Å². The summed E-state index contributed by atoms with van der Waals surface area (Å²) >= 11 is 0. The quantitative estimate of drug-likeness (QED) is 0.668. The first-order valence-electron chi connectivity index (χ1n) is 10.0. The summed E-state index contributed by atoms with van der Waals surface area (Å²) in [7, 11) is -3.05. The number of hydrogen-bond donors (Lipinski definition) is 0. The van der Waals surface area contributed by atoms with Gasteiger partial charge in [0, 0.05) is 26.3 Å². The Bertz CT molecular complexity index is 670. The predicted octanol–water partition coefficient (Wildman–Crippen LogP) is 5.22. The zero-order valence-corrected chi connectivity index (χ0v) is 18.7. The molecule has 0 saturated carbocycles. The first kappa shape index (κ1) is 26.6. The van der Waals surface area contributed by atoms with Crippen LogP contribution in [-0.2, 0) is 21.1 Å². The van der Waals surface area contributed by atoms with Gasteiger partial charge < -0.3 is 4.90 Å². The van der Waals surface area contributed by atoms with Crippen LogP contribution in [0.3, 0.4) is 0 Å². The molecule has 0 bridgehead atoms. The average molecular weight is 412 g/mol. The number of benzene rings is 1. The fourth-order valence-corrected chi connectivity index (χ4v) is 3.87. The molecular formula is C23H41NO3S. The van der Waals surface area contributed by atoms with Crippen LogP contribution in [0.5, 0.6) is 0 Å². The largest absolute Gasteiger partial charge is 0.343 e. The summed E-state index contributed by atoms with van der Waals surface area (Å²) in [6.45, 7) is 12.5. The SMILES string of the molecule is C.CC(=O)N1CCC(C(C)C)CC1.CC(C)CCc1ccc(S(C)(=O)=O)cc1. The standard InChI is InChI=1S/C12H18O2S.C10H19NO.CH4/c1-10(2)4-5-11-6-8-12(9-7-11)15(3,13)14;1-8(2)10-4-6-11(7-5-10)9(3)12;/h6-10H,4-5H2,1-3H3;8,10H,4-7H2,1-3H3;1H4. The van der Waals surface area contributed by atoms with Gasteiger partial charge in [-0.25, -0.2) is 8.42 Å². The van der Waals surface area contributed by atoms with E-state index in [1.165, 1.54) is 24.7 Å². The van der Waals surface area contributed by atoms with Gasteiger partial charge in [0.2, 0.25) is 5.91 Å². The third-order valence-corrected chi connectivity index (χ3v) is 6.42. The zero-order chi connectivity index (χ0) is 20.6. The van der Waals surface area contributed by atoms with Gasteiger partial charge in [0.05, 0.1) is 4.90 Å². The molecule has 28 heavy (non-hydrogen) atoms. The van der Waals surface area contributed by atoms with E-state index in [0.29, 0.717) is 10.8 Å². The minimum Gasteiger partial charge on any atom is -0.343 e. The summed E-state index contributed by atoms with van der Waals surface area (Å²) in [5.74, 6) is 2.52. The molecule has 1 aromatic rings. The van der Waals surface area contributed by atoms with E-state index in [-0.39, 0.29) is 13.3 Å². The molecule has 0 aliphatic carbocycles. The molecular weight excluding hydrogens is 370 g/mol. The fourth-order valence-electron chi connectivity index (χ4n) is 3.24. The van der Waals surface area contributed by atoms with Gasteiger partial charge in [-0.1, -0.05) is 47.3 Å². The van der Waals surface area contributed by atoms with Crippen LogP contribution >= 0.6 is 0 Å².